The number of rotatable bonds is 7. The van der Waals surface area contributed by atoms with Gasteiger partial charge in [-0.3, -0.25) is 0 Å². The van der Waals surface area contributed by atoms with Gasteiger partial charge in [0.1, 0.15) is 5.82 Å². The minimum Gasteiger partial charge on any atom is -0.478 e. The Morgan fingerprint density at radius 1 is 1.42 bits per heavy atom. The molecular formula is C14H22N2O3. The minimum absolute atomic E-state index is 0.0752. The number of carboxylic acid groups (broad SMARTS) is 1. The van der Waals surface area contributed by atoms with E-state index >= 15 is 0 Å². The number of carbonyl (C=O) groups is 1. The second-order valence-corrected chi connectivity index (χ2v) is 4.90. The molecule has 0 bridgehead atoms. The average molecular weight is 266 g/mol. The fourth-order valence-electron chi connectivity index (χ4n) is 1.87. The number of aromatic nitrogens is 1. The van der Waals surface area contributed by atoms with Gasteiger partial charge in [0.15, 0.2) is 0 Å². The summed E-state index contributed by atoms with van der Waals surface area (Å²) in [6.07, 6.45) is 1.29. The molecule has 106 valence electrons. The highest BCUT2D eigenvalue weighted by atomic mass is 16.4. The van der Waals surface area contributed by atoms with Crippen LogP contribution in [-0.4, -0.2) is 33.8 Å². The van der Waals surface area contributed by atoms with Crippen LogP contribution in [0.5, 0.6) is 0 Å². The van der Waals surface area contributed by atoms with Gasteiger partial charge in [0.2, 0.25) is 0 Å². The third kappa shape index (κ3) is 4.52. The fraction of sp³-hybridized carbons (Fsp3) is 0.571. The molecule has 5 heteroatoms. The van der Waals surface area contributed by atoms with Gasteiger partial charge in [-0.15, -0.1) is 0 Å². The third-order valence-electron chi connectivity index (χ3n) is 3.07. The van der Waals surface area contributed by atoms with Gasteiger partial charge in [-0.25, -0.2) is 9.78 Å². The van der Waals surface area contributed by atoms with E-state index in [9.17, 15) is 4.79 Å². The number of pyridine rings is 1. The predicted molar refractivity (Wildman–Crippen MR) is 74.5 cm³/mol. The van der Waals surface area contributed by atoms with Crippen LogP contribution >= 0.6 is 0 Å². The first-order valence-corrected chi connectivity index (χ1v) is 6.59. The monoisotopic (exact) mass is 266 g/mol. The maximum atomic E-state index is 11.1. The van der Waals surface area contributed by atoms with E-state index in [0.29, 0.717) is 24.6 Å². The number of aliphatic hydroxyl groups excluding tert-OH is 1. The molecule has 0 amide bonds. The molecule has 0 saturated carbocycles. The van der Waals surface area contributed by atoms with E-state index in [-0.39, 0.29) is 18.2 Å². The first-order valence-electron chi connectivity index (χ1n) is 6.59. The summed E-state index contributed by atoms with van der Waals surface area (Å²) in [5.74, 6) is -0.0696. The zero-order valence-corrected chi connectivity index (χ0v) is 11.7. The van der Waals surface area contributed by atoms with Gasteiger partial charge < -0.3 is 15.5 Å². The van der Waals surface area contributed by atoms with Crippen molar-refractivity contribution in [2.45, 2.75) is 39.7 Å². The Morgan fingerprint density at radius 3 is 2.58 bits per heavy atom. The van der Waals surface area contributed by atoms with E-state index in [0.717, 1.165) is 5.69 Å². The summed E-state index contributed by atoms with van der Waals surface area (Å²) in [7, 11) is 0. The molecule has 1 aromatic heterocycles. The fourth-order valence-corrected chi connectivity index (χ4v) is 1.87. The molecule has 1 aromatic rings. The van der Waals surface area contributed by atoms with Gasteiger partial charge in [0, 0.05) is 18.3 Å². The molecule has 0 radical (unpaired) electrons. The maximum Gasteiger partial charge on any atom is 0.335 e. The van der Waals surface area contributed by atoms with Crippen molar-refractivity contribution in [3.05, 3.63) is 23.4 Å². The summed E-state index contributed by atoms with van der Waals surface area (Å²) >= 11 is 0. The summed E-state index contributed by atoms with van der Waals surface area (Å²) in [5.41, 5.74) is 0.981. The molecule has 19 heavy (non-hydrogen) atoms. The summed E-state index contributed by atoms with van der Waals surface area (Å²) < 4.78 is 0. The van der Waals surface area contributed by atoms with Gasteiger partial charge in [0.05, 0.1) is 5.56 Å². The standard InChI is InChI=1S/C14H22N2O3/c1-4-11-7-10(14(18)19)8-13(15-11)16-12(5-6-17)9(2)3/h7-9,12,17H,4-6H2,1-3H3,(H,15,16)(H,18,19). The molecule has 5 nitrogen and oxygen atoms in total. The van der Waals surface area contributed by atoms with Gasteiger partial charge in [0.25, 0.3) is 0 Å². The molecule has 0 aliphatic carbocycles. The summed E-state index contributed by atoms with van der Waals surface area (Å²) in [5, 5.41) is 21.3. The number of aliphatic hydroxyl groups is 1. The Labute approximate surface area is 113 Å². The second-order valence-electron chi connectivity index (χ2n) is 4.90. The van der Waals surface area contributed by atoms with E-state index in [2.05, 4.69) is 24.1 Å². The number of nitrogens with zero attached hydrogens (tertiary/aromatic N) is 1. The molecule has 0 aromatic carbocycles. The largest absolute Gasteiger partial charge is 0.478 e. The van der Waals surface area contributed by atoms with Gasteiger partial charge in [-0.1, -0.05) is 20.8 Å². The van der Waals surface area contributed by atoms with E-state index in [1.165, 1.54) is 6.07 Å². The van der Waals surface area contributed by atoms with Crippen LogP contribution in [0.1, 0.15) is 43.2 Å². The normalized spacial score (nSPS) is 12.5. The Hall–Kier alpha value is -1.62. The summed E-state index contributed by atoms with van der Waals surface area (Å²) in [6, 6.07) is 3.20. The van der Waals surface area contributed by atoms with Crippen molar-refractivity contribution in [1.29, 1.82) is 0 Å². The van der Waals surface area contributed by atoms with Gasteiger partial charge in [-0.2, -0.15) is 0 Å². The van der Waals surface area contributed by atoms with Crippen molar-refractivity contribution < 1.29 is 15.0 Å². The van der Waals surface area contributed by atoms with Crippen LogP contribution in [-0.2, 0) is 6.42 Å². The number of nitrogens with one attached hydrogen (secondary N) is 1. The number of aromatic carboxylic acids is 1. The van der Waals surface area contributed by atoms with Crippen LogP contribution in [0.25, 0.3) is 0 Å². The molecular weight excluding hydrogens is 244 g/mol. The van der Waals surface area contributed by atoms with Crippen LogP contribution in [0.15, 0.2) is 12.1 Å². The lowest BCUT2D eigenvalue weighted by atomic mass is 10.0. The molecule has 3 N–H and O–H groups in total. The van der Waals surface area contributed by atoms with E-state index in [4.69, 9.17) is 10.2 Å². The Kier molecular flexibility index (Phi) is 5.76. The first-order chi connectivity index (χ1) is 8.97. The van der Waals surface area contributed by atoms with Crippen molar-refractivity contribution in [2.24, 2.45) is 5.92 Å². The van der Waals surface area contributed by atoms with Crippen molar-refractivity contribution in [3.63, 3.8) is 0 Å². The second kappa shape index (κ2) is 7.09. The predicted octanol–water partition coefficient (Wildman–Crippen LogP) is 2.16. The molecule has 0 aliphatic rings. The lowest BCUT2D eigenvalue weighted by Crippen LogP contribution is -2.27. The zero-order chi connectivity index (χ0) is 14.4. The average Bonchev–Trinajstić information content (AvgIpc) is 2.37. The minimum atomic E-state index is -0.955. The third-order valence-corrected chi connectivity index (χ3v) is 3.07. The quantitative estimate of drug-likeness (QED) is 0.704. The molecule has 0 saturated heterocycles. The van der Waals surface area contributed by atoms with Crippen LogP contribution in [0.3, 0.4) is 0 Å². The van der Waals surface area contributed by atoms with Gasteiger partial charge >= 0.3 is 5.97 Å². The van der Waals surface area contributed by atoms with Crippen molar-refractivity contribution in [1.82, 2.24) is 4.98 Å². The number of anilines is 1. The van der Waals surface area contributed by atoms with Crippen LogP contribution in [0.2, 0.25) is 0 Å². The van der Waals surface area contributed by atoms with E-state index in [1.807, 2.05) is 6.92 Å². The first kappa shape index (κ1) is 15.4. The van der Waals surface area contributed by atoms with Crippen molar-refractivity contribution in [2.75, 3.05) is 11.9 Å². The van der Waals surface area contributed by atoms with E-state index < -0.39 is 5.97 Å². The van der Waals surface area contributed by atoms with Crippen LogP contribution < -0.4 is 5.32 Å². The molecule has 1 rings (SSSR count). The van der Waals surface area contributed by atoms with Crippen molar-refractivity contribution >= 4 is 11.8 Å². The molecule has 0 fully saturated rings. The van der Waals surface area contributed by atoms with Crippen LogP contribution in [0.4, 0.5) is 5.82 Å². The Morgan fingerprint density at radius 2 is 2.11 bits per heavy atom. The van der Waals surface area contributed by atoms with Crippen molar-refractivity contribution in [3.8, 4) is 0 Å². The Bertz CT molecular complexity index is 433. The highest BCUT2D eigenvalue weighted by Gasteiger charge is 2.15. The maximum absolute atomic E-state index is 11.1. The number of hydrogen-bond acceptors (Lipinski definition) is 4. The highest BCUT2D eigenvalue weighted by Crippen LogP contribution is 2.16. The van der Waals surface area contributed by atoms with E-state index in [1.54, 1.807) is 6.07 Å². The molecule has 0 spiro atoms. The summed E-state index contributed by atoms with van der Waals surface area (Å²) in [6.45, 7) is 6.13. The molecule has 1 unspecified atom stereocenters. The van der Waals surface area contributed by atoms with Gasteiger partial charge in [-0.05, 0) is 30.9 Å². The summed E-state index contributed by atoms with van der Waals surface area (Å²) in [4.78, 5) is 15.5. The number of carboxylic acids is 1. The smallest absolute Gasteiger partial charge is 0.335 e. The zero-order valence-electron chi connectivity index (χ0n) is 11.7. The lowest BCUT2D eigenvalue weighted by Gasteiger charge is -2.22. The highest BCUT2D eigenvalue weighted by molar-refractivity contribution is 5.88. The Balaban J connectivity index is 2.98. The van der Waals surface area contributed by atoms with Crippen LogP contribution in [0, 0.1) is 5.92 Å². The SMILES string of the molecule is CCc1cc(C(=O)O)cc(NC(CCO)C(C)C)n1. The lowest BCUT2D eigenvalue weighted by molar-refractivity contribution is 0.0696. The topological polar surface area (TPSA) is 82.5 Å². The molecule has 1 atom stereocenters. The molecule has 0 aliphatic heterocycles. The number of aryl methyl sites for hydroxylation is 1. The number of hydrogen-bond donors (Lipinski definition) is 3. The molecule has 1 heterocycles.